The minimum atomic E-state index is -3.77. The summed E-state index contributed by atoms with van der Waals surface area (Å²) in [4.78, 5) is 31.3. The summed E-state index contributed by atoms with van der Waals surface area (Å²) in [6.45, 7) is -0.250. The summed E-state index contributed by atoms with van der Waals surface area (Å²) in [7, 11) is -3.77. The lowest BCUT2D eigenvalue weighted by atomic mass is 9.86. The van der Waals surface area contributed by atoms with Gasteiger partial charge in [0.1, 0.15) is 0 Å². The molecule has 0 heterocycles. The zero-order valence-corrected chi connectivity index (χ0v) is 14.1. The van der Waals surface area contributed by atoms with Gasteiger partial charge in [-0.3, -0.25) is 14.4 Å². The van der Waals surface area contributed by atoms with Crippen LogP contribution in [0.1, 0.15) is 36.0 Å². The Bertz CT molecular complexity index is 708. The van der Waals surface area contributed by atoms with E-state index in [9.17, 15) is 18.0 Å². The van der Waals surface area contributed by atoms with Crippen LogP contribution in [0.2, 0.25) is 0 Å². The average Bonchev–Trinajstić information content (AvgIpc) is 2.55. The van der Waals surface area contributed by atoms with E-state index in [0.717, 1.165) is 0 Å². The highest BCUT2D eigenvalue weighted by Gasteiger charge is 2.26. The minimum Gasteiger partial charge on any atom is -0.483 e. The summed E-state index contributed by atoms with van der Waals surface area (Å²) in [5, 5.41) is 23.7. The van der Waals surface area contributed by atoms with Crippen molar-refractivity contribution >= 4 is 28.4 Å². The van der Waals surface area contributed by atoms with Crippen LogP contribution in [0.4, 0.5) is 0 Å². The minimum absolute atomic E-state index is 0.0500. The van der Waals surface area contributed by atoms with Gasteiger partial charge in [-0.15, -0.1) is 0 Å². The normalized spacial score (nSPS) is 19.9. The van der Waals surface area contributed by atoms with Gasteiger partial charge in [-0.25, -0.2) is 13.6 Å². The molecule has 1 aromatic rings. The topological polar surface area (TPSA) is 164 Å². The number of nitrogens with one attached hydrogen (secondary N) is 1. The fourth-order valence-electron chi connectivity index (χ4n) is 2.55. The van der Waals surface area contributed by atoms with E-state index in [1.807, 2.05) is 0 Å². The zero-order chi connectivity index (χ0) is 19.0. The van der Waals surface area contributed by atoms with E-state index >= 15 is 0 Å². The van der Waals surface area contributed by atoms with Crippen molar-refractivity contribution in [1.29, 1.82) is 0 Å². The van der Waals surface area contributed by atoms with Gasteiger partial charge in [0.05, 0.1) is 10.8 Å². The van der Waals surface area contributed by atoms with Crippen molar-refractivity contribution in [2.45, 2.75) is 36.6 Å². The maximum Gasteiger partial charge on any atom is 0.306 e. The third-order valence-corrected chi connectivity index (χ3v) is 4.79. The third-order valence-electron chi connectivity index (χ3n) is 3.86. The van der Waals surface area contributed by atoms with E-state index in [4.69, 9.17) is 20.1 Å². The van der Waals surface area contributed by atoms with Crippen molar-refractivity contribution < 1.29 is 33.0 Å². The first kappa shape index (κ1) is 20.6. The molecule has 1 aromatic carbocycles. The fourth-order valence-corrected chi connectivity index (χ4v) is 3.06. The number of carboxylic acid groups (broad SMARTS) is 2. The molecule has 0 bridgehead atoms. The molecule has 0 atom stereocenters. The van der Waals surface area contributed by atoms with Crippen molar-refractivity contribution in [2.75, 3.05) is 0 Å². The maximum absolute atomic E-state index is 12.1. The summed E-state index contributed by atoms with van der Waals surface area (Å²) in [5.74, 6) is -1.43. The molecule has 0 radical (unpaired) electrons. The van der Waals surface area contributed by atoms with E-state index in [2.05, 4.69) is 5.32 Å². The second kappa shape index (κ2) is 9.14. The number of rotatable bonds is 4. The van der Waals surface area contributed by atoms with Gasteiger partial charge in [-0.05, 0) is 49.9 Å². The lowest BCUT2D eigenvalue weighted by molar-refractivity contribution is -0.142. The van der Waals surface area contributed by atoms with Gasteiger partial charge in [0.2, 0.25) is 10.0 Å². The van der Waals surface area contributed by atoms with Gasteiger partial charge >= 0.3 is 5.97 Å². The average molecular weight is 372 g/mol. The van der Waals surface area contributed by atoms with Crippen molar-refractivity contribution in [1.82, 2.24) is 5.32 Å². The molecule has 10 heteroatoms. The number of amides is 1. The Labute approximate surface area is 144 Å². The molecule has 0 saturated heterocycles. The molecule has 0 unspecified atom stereocenters. The maximum atomic E-state index is 12.1. The van der Waals surface area contributed by atoms with Crippen LogP contribution in [0.15, 0.2) is 29.2 Å². The molecule has 9 nitrogen and oxygen atoms in total. The Morgan fingerprint density at radius 2 is 1.60 bits per heavy atom. The van der Waals surface area contributed by atoms with Crippen LogP contribution < -0.4 is 10.5 Å². The molecule has 1 saturated carbocycles. The number of aliphatic carboxylic acids is 1. The van der Waals surface area contributed by atoms with Gasteiger partial charge in [-0.1, -0.05) is 0 Å². The van der Waals surface area contributed by atoms with Crippen LogP contribution in [0.25, 0.3) is 0 Å². The molecule has 138 valence electrons. The van der Waals surface area contributed by atoms with Crippen LogP contribution in [0.5, 0.6) is 0 Å². The highest BCUT2D eigenvalue weighted by molar-refractivity contribution is 7.89. The molecular weight excluding hydrogens is 352 g/mol. The Morgan fingerprint density at radius 3 is 2.00 bits per heavy atom. The van der Waals surface area contributed by atoms with E-state index in [-0.39, 0.29) is 29.2 Å². The van der Waals surface area contributed by atoms with E-state index in [1.54, 1.807) is 0 Å². The van der Waals surface area contributed by atoms with Gasteiger partial charge < -0.3 is 15.5 Å². The molecule has 25 heavy (non-hydrogen) atoms. The van der Waals surface area contributed by atoms with E-state index in [1.165, 1.54) is 24.3 Å². The fraction of sp³-hybridized carbons (Fsp3) is 0.400. The monoisotopic (exact) mass is 372 g/mol. The molecular formula is C15H20N2O7S. The second-order valence-corrected chi connectivity index (χ2v) is 7.10. The molecule has 5 N–H and O–H groups in total. The van der Waals surface area contributed by atoms with Crippen LogP contribution >= 0.6 is 0 Å². The largest absolute Gasteiger partial charge is 0.483 e. The van der Waals surface area contributed by atoms with Crippen molar-refractivity contribution in [3.05, 3.63) is 29.8 Å². The zero-order valence-electron chi connectivity index (χ0n) is 13.3. The SMILES string of the molecule is NS(=O)(=O)c1ccc(C(=O)NC2CCC(C(=O)O)CC2)cc1.O=CO. The molecule has 1 fully saturated rings. The summed E-state index contributed by atoms with van der Waals surface area (Å²) in [5.41, 5.74) is 0.341. The predicted molar refractivity (Wildman–Crippen MR) is 87.4 cm³/mol. The summed E-state index contributed by atoms with van der Waals surface area (Å²) >= 11 is 0. The van der Waals surface area contributed by atoms with Gasteiger partial charge in [-0.2, -0.15) is 0 Å². The number of sulfonamides is 1. The summed E-state index contributed by atoms with van der Waals surface area (Å²) < 4.78 is 22.3. The van der Waals surface area contributed by atoms with Crippen LogP contribution in [0, 0.1) is 5.92 Å². The molecule has 1 aliphatic rings. The summed E-state index contributed by atoms with van der Waals surface area (Å²) in [6.07, 6.45) is 2.34. The van der Waals surface area contributed by atoms with Crippen molar-refractivity contribution in [3.8, 4) is 0 Å². The van der Waals surface area contributed by atoms with Gasteiger partial charge in [0, 0.05) is 11.6 Å². The first-order chi connectivity index (χ1) is 11.7. The van der Waals surface area contributed by atoms with Crippen LogP contribution in [0.3, 0.4) is 0 Å². The number of primary sulfonamides is 1. The Kier molecular flexibility index (Phi) is 7.52. The Hall–Kier alpha value is -2.46. The molecule has 2 rings (SSSR count). The first-order valence-corrected chi connectivity index (χ1v) is 8.98. The highest BCUT2D eigenvalue weighted by Crippen LogP contribution is 2.24. The first-order valence-electron chi connectivity index (χ1n) is 7.43. The Balaban J connectivity index is 0.000000970. The van der Waals surface area contributed by atoms with Gasteiger partial charge in [0.25, 0.3) is 12.4 Å². The Morgan fingerprint density at radius 1 is 1.12 bits per heavy atom. The lowest BCUT2D eigenvalue weighted by Crippen LogP contribution is -2.38. The van der Waals surface area contributed by atoms with Crippen molar-refractivity contribution in [3.63, 3.8) is 0 Å². The number of hydrogen-bond donors (Lipinski definition) is 4. The number of carbonyl (C=O) groups excluding carboxylic acids is 1. The molecule has 1 aliphatic carbocycles. The number of benzene rings is 1. The number of hydrogen-bond acceptors (Lipinski definition) is 5. The van der Waals surface area contributed by atoms with Crippen molar-refractivity contribution in [2.24, 2.45) is 11.1 Å². The molecule has 0 aromatic heterocycles. The smallest absolute Gasteiger partial charge is 0.306 e. The lowest BCUT2D eigenvalue weighted by Gasteiger charge is -2.26. The van der Waals surface area contributed by atoms with Crippen LogP contribution in [-0.2, 0) is 19.6 Å². The standard InChI is InChI=1S/C14H18N2O5S.CH2O2/c15-22(20,21)12-7-3-9(4-8-12)13(17)16-11-5-1-10(2-6-11)14(18)19;2-1-3/h3-4,7-8,10-11H,1-2,5-6H2,(H,16,17)(H,18,19)(H2,15,20,21);1H,(H,2,3). The number of carboxylic acids is 1. The number of carbonyl (C=O) groups is 3. The second-order valence-electron chi connectivity index (χ2n) is 5.54. The van der Waals surface area contributed by atoms with Crippen LogP contribution in [-0.4, -0.2) is 43.0 Å². The number of nitrogens with two attached hydrogens (primary N) is 1. The van der Waals surface area contributed by atoms with Gasteiger partial charge in [0.15, 0.2) is 0 Å². The molecule has 0 aliphatic heterocycles. The highest BCUT2D eigenvalue weighted by atomic mass is 32.2. The predicted octanol–water partition coefficient (Wildman–Crippen LogP) is 0.408. The summed E-state index contributed by atoms with van der Waals surface area (Å²) in [6, 6.07) is 5.31. The molecule has 0 spiro atoms. The van der Waals surface area contributed by atoms with E-state index < -0.39 is 16.0 Å². The third kappa shape index (κ3) is 6.51. The van der Waals surface area contributed by atoms with E-state index in [0.29, 0.717) is 31.2 Å². The quantitative estimate of drug-likeness (QED) is 0.556. The molecule has 1 amide bonds.